The monoisotopic (exact) mass is 252 g/mol. The average molecular weight is 252 g/mol. The number of carbonyl (C=O) groups is 1. The van der Waals surface area contributed by atoms with Gasteiger partial charge in [-0.3, -0.25) is 4.79 Å². The standard InChI is InChI=1S/C15H28N2O/c1-12-9-10-16-11-14(12)17-15(18)8-4-7-13-5-2-3-6-13/h12-14,16H,2-11H2,1H3,(H,17,18). The number of piperidine rings is 1. The molecule has 0 spiro atoms. The highest BCUT2D eigenvalue weighted by molar-refractivity contribution is 5.76. The normalized spacial score (nSPS) is 29.4. The van der Waals surface area contributed by atoms with E-state index >= 15 is 0 Å². The van der Waals surface area contributed by atoms with E-state index in [0.29, 0.717) is 12.0 Å². The quantitative estimate of drug-likeness (QED) is 0.789. The molecule has 2 rings (SSSR count). The van der Waals surface area contributed by atoms with Gasteiger partial charge in [0.1, 0.15) is 0 Å². The molecule has 1 saturated heterocycles. The molecule has 0 bridgehead atoms. The molecule has 104 valence electrons. The lowest BCUT2D eigenvalue weighted by Gasteiger charge is -2.30. The molecule has 1 aliphatic heterocycles. The lowest BCUT2D eigenvalue weighted by atomic mass is 9.94. The van der Waals surface area contributed by atoms with Crippen molar-refractivity contribution in [3.05, 3.63) is 0 Å². The first kappa shape index (κ1) is 13.9. The Morgan fingerprint density at radius 3 is 2.78 bits per heavy atom. The van der Waals surface area contributed by atoms with Gasteiger partial charge in [-0.2, -0.15) is 0 Å². The largest absolute Gasteiger partial charge is 0.352 e. The molecule has 18 heavy (non-hydrogen) atoms. The van der Waals surface area contributed by atoms with Crippen LogP contribution in [0.1, 0.15) is 58.3 Å². The van der Waals surface area contributed by atoms with Crippen molar-refractivity contribution < 1.29 is 4.79 Å². The van der Waals surface area contributed by atoms with E-state index in [4.69, 9.17) is 0 Å². The maximum absolute atomic E-state index is 11.9. The zero-order chi connectivity index (χ0) is 12.8. The molecule has 3 nitrogen and oxygen atoms in total. The Kier molecular flexibility index (Phi) is 5.48. The molecule has 3 heteroatoms. The van der Waals surface area contributed by atoms with Gasteiger partial charge in [-0.15, -0.1) is 0 Å². The summed E-state index contributed by atoms with van der Waals surface area (Å²) >= 11 is 0. The molecule has 2 atom stereocenters. The fraction of sp³-hybridized carbons (Fsp3) is 0.933. The first-order chi connectivity index (χ1) is 8.75. The molecule has 0 aromatic rings. The van der Waals surface area contributed by atoms with Crippen molar-refractivity contribution in [3.63, 3.8) is 0 Å². The topological polar surface area (TPSA) is 41.1 Å². The van der Waals surface area contributed by atoms with Crippen molar-refractivity contribution in [1.29, 1.82) is 0 Å². The van der Waals surface area contributed by atoms with Gasteiger partial charge < -0.3 is 10.6 Å². The minimum absolute atomic E-state index is 0.258. The Labute approximate surface area is 111 Å². The minimum atomic E-state index is 0.258. The highest BCUT2D eigenvalue weighted by Gasteiger charge is 2.22. The predicted molar refractivity (Wildman–Crippen MR) is 74.4 cm³/mol. The third kappa shape index (κ3) is 4.27. The van der Waals surface area contributed by atoms with Crippen LogP contribution in [0.3, 0.4) is 0 Å². The molecule has 0 radical (unpaired) electrons. The van der Waals surface area contributed by atoms with E-state index in [2.05, 4.69) is 17.6 Å². The summed E-state index contributed by atoms with van der Waals surface area (Å²) in [7, 11) is 0. The van der Waals surface area contributed by atoms with Crippen LogP contribution in [0.15, 0.2) is 0 Å². The predicted octanol–water partition coefficient (Wildman–Crippen LogP) is 2.46. The van der Waals surface area contributed by atoms with Gasteiger partial charge in [-0.25, -0.2) is 0 Å². The third-order valence-corrected chi connectivity index (χ3v) is 4.66. The Bertz CT molecular complexity index is 261. The first-order valence-electron chi connectivity index (χ1n) is 7.76. The van der Waals surface area contributed by atoms with E-state index in [1.807, 2.05) is 0 Å². The zero-order valence-corrected chi connectivity index (χ0v) is 11.7. The van der Waals surface area contributed by atoms with Crippen molar-refractivity contribution in [2.75, 3.05) is 13.1 Å². The summed E-state index contributed by atoms with van der Waals surface area (Å²) in [5, 5.41) is 6.55. The average Bonchev–Trinajstić information content (AvgIpc) is 2.85. The molecule has 2 fully saturated rings. The highest BCUT2D eigenvalue weighted by Crippen LogP contribution is 2.28. The molecule has 1 saturated carbocycles. The molecule has 0 aromatic carbocycles. The molecule has 1 amide bonds. The maximum Gasteiger partial charge on any atom is 0.220 e. The Morgan fingerprint density at radius 2 is 2.06 bits per heavy atom. The van der Waals surface area contributed by atoms with Gasteiger partial charge in [0.15, 0.2) is 0 Å². The molecule has 1 aliphatic carbocycles. The molecular weight excluding hydrogens is 224 g/mol. The van der Waals surface area contributed by atoms with Gasteiger partial charge in [0.05, 0.1) is 0 Å². The number of carbonyl (C=O) groups excluding carboxylic acids is 1. The van der Waals surface area contributed by atoms with E-state index in [9.17, 15) is 4.79 Å². The summed E-state index contributed by atoms with van der Waals surface area (Å²) in [6.45, 7) is 4.27. The van der Waals surface area contributed by atoms with Crippen LogP contribution < -0.4 is 10.6 Å². The number of hydrogen-bond donors (Lipinski definition) is 2. The van der Waals surface area contributed by atoms with Crippen molar-refractivity contribution in [3.8, 4) is 0 Å². The molecule has 2 aliphatic rings. The maximum atomic E-state index is 11.9. The number of rotatable bonds is 5. The van der Waals surface area contributed by atoms with Gasteiger partial charge in [-0.1, -0.05) is 32.6 Å². The Hall–Kier alpha value is -0.570. The third-order valence-electron chi connectivity index (χ3n) is 4.66. The molecule has 1 heterocycles. The smallest absolute Gasteiger partial charge is 0.220 e. The van der Waals surface area contributed by atoms with Crippen molar-refractivity contribution >= 4 is 5.91 Å². The van der Waals surface area contributed by atoms with E-state index in [-0.39, 0.29) is 5.91 Å². The SMILES string of the molecule is CC1CCNCC1NC(=O)CCCC1CCCC1. The summed E-state index contributed by atoms with van der Waals surface area (Å²) in [6, 6.07) is 0.345. The second kappa shape index (κ2) is 7.13. The van der Waals surface area contributed by atoms with Crippen LogP contribution in [0.4, 0.5) is 0 Å². The molecule has 0 aromatic heterocycles. The van der Waals surface area contributed by atoms with E-state index in [1.165, 1.54) is 38.5 Å². The Morgan fingerprint density at radius 1 is 1.28 bits per heavy atom. The second-order valence-corrected chi connectivity index (χ2v) is 6.19. The molecule has 2 N–H and O–H groups in total. The summed E-state index contributed by atoms with van der Waals surface area (Å²) < 4.78 is 0. The van der Waals surface area contributed by atoms with Crippen LogP contribution in [0, 0.1) is 11.8 Å². The second-order valence-electron chi connectivity index (χ2n) is 6.19. The van der Waals surface area contributed by atoms with Crippen molar-refractivity contribution in [2.24, 2.45) is 11.8 Å². The summed E-state index contributed by atoms with van der Waals surface area (Å²) in [5.74, 6) is 1.78. The summed E-state index contributed by atoms with van der Waals surface area (Å²) in [6.07, 6.45) is 9.82. The van der Waals surface area contributed by atoms with Crippen LogP contribution in [-0.4, -0.2) is 25.0 Å². The summed E-state index contributed by atoms with van der Waals surface area (Å²) in [4.78, 5) is 11.9. The van der Waals surface area contributed by atoms with Gasteiger partial charge in [-0.05, 0) is 37.6 Å². The fourth-order valence-electron chi connectivity index (χ4n) is 3.31. The van der Waals surface area contributed by atoms with Gasteiger partial charge >= 0.3 is 0 Å². The van der Waals surface area contributed by atoms with E-state index in [0.717, 1.165) is 31.8 Å². The number of amides is 1. The lowest BCUT2D eigenvalue weighted by Crippen LogP contribution is -2.50. The van der Waals surface area contributed by atoms with Crippen LogP contribution in [-0.2, 0) is 4.79 Å². The number of nitrogens with one attached hydrogen (secondary N) is 2. The lowest BCUT2D eigenvalue weighted by molar-refractivity contribution is -0.122. The van der Waals surface area contributed by atoms with Gasteiger partial charge in [0.2, 0.25) is 5.91 Å². The van der Waals surface area contributed by atoms with Crippen LogP contribution in [0.5, 0.6) is 0 Å². The van der Waals surface area contributed by atoms with Crippen LogP contribution >= 0.6 is 0 Å². The zero-order valence-electron chi connectivity index (χ0n) is 11.7. The van der Waals surface area contributed by atoms with E-state index < -0.39 is 0 Å². The molecule has 2 unspecified atom stereocenters. The van der Waals surface area contributed by atoms with Crippen molar-refractivity contribution in [1.82, 2.24) is 10.6 Å². The molecular formula is C15H28N2O. The van der Waals surface area contributed by atoms with Crippen LogP contribution in [0.2, 0.25) is 0 Å². The minimum Gasteiger partial charge on any atom is -0.352 e. The highest BCUT2D eigenvalue weighted by atomic mass is 16.1. The van der Waals surface area contributed by atoms with E-state index in [1.54, 1.807) is 0 Å². The Balaban J connectivity index is 1.59. The fourth-order valence-corrected chi connectivity index (χ4v) is 3.31. The number of hydrogen-bond acceptors (Lipinski definition) is 2. The van der Waals surface area contributed by atoms with Crippen molar-refractivity contribution in [2.45, 2.75) is 64.3 Å². The van der Waals surface area contributed by atoms with Crippen LogP contribution in [0.25, 0.3) is 0 Å². The van der Waals surface area contributed by atoms with Gasteiger partial charge in [0, 0.05) is 19.0 Å². The summed E-state index contributed by atoms with van der Waals surface area (Å²) in [5.41, 5.74) is 0. The van der Waals surface area contributed by atoms with Gasteiger partial charge in [0.25, 0.3) is 0 Å². The first-order valence-corrected chi connectivity index (χ1v) is 7.76.